The maximum absolute atomic E-state index is 13.5. The van der Waals surface area contributed by atoms with Gasteiger partial charge in [0.1, 0.15) is 24.4 Å². The van der Waals surface area contributed by atoms with Gasteiger partial charge in [-0.05, 0) is 116 Å². The Morgan fingerprint density at radius 1 is 0.430 bits per heavy atom. The third-order valence-corrected chi connectivity index (χ3v) is 17.3. The largest absolute Gasteiger partial charge is 0.454 e. The summed E-state index contributed by atoms with van der Waals surface area (Å²) in [6.07, 6.45) is 85.2. The van der Waals surface area contributed by atoms with Crippen LogP contribution < -0.4 is 5.32 Å². The van der Waals surface area contributed by atoms with Crippen LogP contribution in [0.15, 0.2) is 122 Å². The summed E-state index contributed by atoms with van der Waals surface area (Å²) < 4.78 is 17.7. The zero-order valence-electron chi connectivity index (χ0n) is 59.6. The molecule has 0 aliphatic carbocycles. The molecular weight excluding hydrogens is 1160 g/mol. The van der Waals surface area contributed by atoms with Gasteiger partial charge in [-0.1, -0.05) is 322 Å². The molecule has 534 valence electrons. The number of carbonyl (C=O) groups is 2. The fraction of sp³-hybridized carbons (Fsp3) is 0.732. The summed E-state index contributed by atoms with van der Waals surface area (Å²) in [7, 11) is 0. The van der Waals surface area contributed by atoms with Crippen molar-refractivity contribution in [2.45, 2.75) is 372 Å². The molecule has 0 saturated carbocycles. The molecular formula is C82H141NO10. The summed E-state index contributed by atoms with van der Waals surface area (Å²) >= 11 is 0. The predicted octanol–water partition coefficient (Wildman–Crippen LogP) is 20.5. The van der Waals surface area contributed by atoms with Gasteiger partial charge < -0.3 is 45.1 Å². The van der Waals surface area contributed by atoms with Crippen LogP contribution in [-0.4, -0.2) is 99.6 Å². The zero-order chi connectivity index (χ0) is 67.4. The van der Waals surface area contributed by atoms with Crippen molar-refractivity contribution < 1.29 is 49.3 Å². The molecule has 0 aromatic carbocycles. The molecule has 0 aromatic heterocycles. The van der Waals surface area contributed by atoms with E-state index in [-0.39, 0.29) is 19.4 Å². The number of aliphatic hydroxyl groups is 5. The SMILES string of the molecule is CC/C=C\C/C=C\C/C=C\C/C=C\C/C=C\C/C=C\CCCCCCCCC(=O)OC1C(OCC(NC(=O)C(O)CCCCCCCCCCCCCCC/C=C\C/C=C\C/C=C\CCCCC)C(O)/C=C/CCCCCCCCCCCCC)OC(CO)C(O)C1O. The monoisotopic (exact) mass is 1300 g/mol. The van der Waals surface area contributed by atoms with E-state index in [1.165, 1.54) is 148 Å². The van der Waals surface area contributed by atoms with E-state index in [2.05, 4.69) is 135 Å². The maximum atomic E-state index is 13.5. The number of carbonyl (C=O) groups excluding carboxylic acids is 2. The second-order valence-electron chi connectivity index (χ2n) is 26.0. The van der Waals surface area contributed by atoms with E-state index in [0.717, 1.165) is 128 Å². The van der Waals surface area contributed by atoms with Crippen molar-refractivity contribution >= 4 is 11.9 Å². The number of unbranched alkanes of at least 4 members (excludes halogenated alkanes) is 33. The molecule has 1 saturated heterocycles. The summed E-state index contributed by atoms with van der Waals surface area (Å²) in [6, 6.07) is -1.04. The lowest BCUT2D eigenvalue weighted by molar-refractivity contribution is -0.305. The van der Waals surface area contributed by atoms with E-state index < -0.39 is 67.4 Å². The van der Waals surface area contributed by atoms with Crippen LogP contribution in [0.1, 0.15) is 323 Å². The van der Waals surface area contributed by atoms with Crippen molar-refractivity contribution in [3.05, 3.63) is 122 Å². The number of hydrogen-bond donors (Lipinski definition) is 6. The average molecular weight is 1300 g/mol. The number of esters is 1. The van der Waals surface area contributed by atoms with Crippen molar-refractivity contribution in [2.75, 3.05) is 13.2 Å². The highest BCUT2D eigenvalue weighted by Crippen LogP contribution is 2.26. The molecule has 0 spiro atoms. The van der Waals surface area contributed by atoms with Gasteiger partial charge >= 0.3 is 5.97 Å². The van der Waals surface area contributed by atoms with E-state index >= 15 is 0 Å². The fourth-order valence-electron chi connectivity index (χ4n) is 11.4. The molecule has 8 atom stereocenters. The Labute approximate surface area is 570 Å². The first-order valence-corrected chi connectivity index (χ1v) is 38.3. The molecule has 1 rings (SSSR count). The maximum Gasteiger partial charge on any atom is 0.306 e. The normalized spacial score (nSPS) is 18.6. The van der Waals surface area contributed by atoms with Gasteiger partial charge in [0.2, 0.25) is 5.91 Å². The lowest BCUT2D eigenvalue weighted by atomic mass is 9.99. The van der Waals surface area contributed by atoms with Crippen molar-refractivity contribution in [3.8, 4) is 0 Å². The lowest BCUT2D eigenvalue weighted by Gasteiger charge is -2.41. The second-order valence-corrected chi connectivity index (χ2v) is 26.0. The van der Waals surface area contributed by atoms with Gasteiger partial charge in [0.15, 0.2) is 12.4 Å². The molecule has 0 aromatic rings. The Hall–Kier alpha value is -3.94. The first kappa shape index (κ1) is 87.1. The lowest BCUT2D eigenvalue weighted by Crippen LogP contribution is -2.61. The molecule has 11 heteroatoms. The van der Waals surface area contributed by atoms with Gasteiger partial charge in [-0.25, -0.2) is 0 Å². The van der Waals surface area contributed by atoms with E-state index in [1.54, 1.807) is 6.08 Å². The Kier molecular flexibility index (Phi) is 63.7. The number of amides is 1. The molecule has 11 nitrogen and oxygen atoms in total. The third kappa shape index (κ3) is 54.8. The highest BCUT2D eigenvalue weighted by molar-refractivity contribution is 5.80. The van der Waals surface area contributed by atoms with Crippen LogP contribution in [0.5, 0.6) is 0 Å². The third-order valence-electron chi connectivity index (χ3n) is 17.3. The molecule has 8 unspecified atom stereocenters. The van der Waals surface area contributed by atoms with Crippen LogP contribution >= 0.6 is 0 Å². The minimum absolute atomic E-state index is 0.101. The highest BCUT2D eigenvalue weighted by atomic mass is 16.7. The first-order chi connectivity index (χ1) is 45.7. The topological polar surface area (TPSA) is 175 Å². The van der Waals surface area contributed by atoms with Crippen LogP contribution in [0, 0.1) is 0 Å². The molecule has 93 heavy (non-hydrogen) atoms. The summed E-state index contributed by atoms with van der Waals surface area (Å²) in [4.78, 5) is 26.8. The van der Waals surface area contributed by atoms with E-state index in [1.807, 2.05) is 6.08 Å². The molecule has 1 aliphatic rings. The number of ether oxygens (including phenoxy) is 3. The fourth-order valence-corrected chi connectivity index (χ4v) is 11.4. The van der Waals surface area contributed by atoms with E-state index in [4.69, 9.17) is 14.2 Å². The summed E-state index contributed by atoms with van der Waals surface area (Å²) in [6.45, 7) is 5.68. The zero-order valence-corrected chi connectivity index (χ0v) is 59.6. The molecule has 0 radical (unpaired) electrons. The summed E-state index contributed by atoms with van der Waals surface area (Å²) in [5.41, 5.74) is 0. The Morgan fingerprint density at radius 3 is 1.18 bits per heavy atom. The number of rotatable bonds is 65. The molecule has 1 heterocycles. The van der Waals surface area contributed by atoms with E-state index in [9.17, 15) is 35.1 Å². The van der Waals surface area contributed by atoms with Crippen LogP contribution in [0.2, 0.25) is 0 Å². The molecule has 0 bridgehead atoms. The molecule has 1 aliphatic heterocycles. The van der Waals surface area contributed by atoms with Crippen LogP contribution in [0.3, 0.4) is 0 Å². The van der Waals surface area contributed by atoms with Crippen molar-refractivity contribution in [1.29, 1.82) is 0 Å². The van der Waals surface area contributed by atoms with Gasteiger partial charge in [-0.15, -0.1) is 0 Å². The van der Waals surface area contributed by atoms with Gasteiger partial charge in [0, 0.05) is 6.42 Å². The molecule has 6 N–H and O–H groups in total. The Bertz CT molecular complexity index is 1980. The highest BCUT2D eigenvalue weighted by Gasteiger charge is 2.47. The number of nitrogens with one attached hydrogen (secondary N) is 1. The smallest absolute Gasteiger partial charge is 0.306 e. The average Bonchev–Trinajstić information content (AvgIpc) is 0.843. The number of hydrogen-bond acceptors (Lipinski definition) is 10. The number of allylic oxidation sites excluding steroid dienone is 19. The minimum atomic E-state index is -1.63. The molecule has 1 amide bonds. The predicted molar refractivity (Wildman–Crippen MR) is 393 cm³/mol. The Balaban J connectivity index is 2.56. The van der Waals surface area contributed by atoms with Crippen LogP contribution in [0.4, 0.5) is 0 Å². The van der Waals surface area contributed by atoms with Gasteiger partial charge in [-0.3, -0.25) is 9.59 Å². The van der Waals surface area contributed by atoms with Crippen molar-refractivity contribution in [1.82, 2.24) is 5.32 Å². The quantitative estimate of drug-likeness (QED) is 0.0195. The summed E-state index contributed by atoms with van der Waals surface area (Å²) in [5, 5.41) is 57.4. The van der Waals surface area contributed by atoms with Gasteiger partial charge in [0.25, 0.3) is 0 Å². The number of aliphatic hydroxyl groups excluding tert-OH is 5. The van der Waals surface area contributed by atoms with Crippen molar-refractivity contribution in [2.24, 2.45) is 0 Å². The van der Waals surface area contributed by atoms with Crippen LogP contribution in [-0.2, 0) is 23.8 Å². The van der Waals surface area contributed by atoms with Gasteiger partial charge in [0.05, 0.1) is 25.4 Å². The minimum Gasteiger partial charge on any atom is -0.454 e. The second kappa shape index (κ2) is 68.0. The first-order valence-electron chi connectivity index (χ1n) is 38.3. The molecule has 1 fully saturated rings. The standard InChI is InChI=1S/C82H141NO10/c1-4-7-10-13-16-19-22-25-27-29-31-33-35-37-39-40-42-44-46-48-51-54-57-60-63-66-69-75(86)81(90)83-73(74(85)68-65-62-59-56-53-50-24-21-18-15-12-9-6-3)72-91-82-80(79(89)78(88)76(71-84)92-82)93-77(87)70-67-64-61-58-55-52-49-47-45-43-41-38-36-34-32-30-28-26-23-20-17-14-11-8-5-2/h8,11,16-17,19-20,25-28,31-34,38,41,45,47,65,68,73-76,78-80,82,84-86,88-89H,4-7,9-10,12-15,18,21-24,29-30,35-37,39-40,42-44,46,48-64,66-67,69-72H2,1-3H3,(H,83,90)/b11-8-,19-16-,20-17-,27-25-,28-26-,33-31-,34-32-,41-38-,47-45-,68-65+. The van der Waals surface area contributed by atoms with Crippen LogP contribution in [0.25, 0.3) is 0 Å². The van der Waals surface area contributed by atoms with E-state index in [0.29, 0.717) is 12.8 Å². The van der Waals surface area contributed by atoms with Gasteiger partial charge in [-0.2, -0.15) is 0 Å². The Morgan fingerprint density at radius 2 is 0.774 bits per heavy atom. The summed E-state index contributed by atoms with van der Waals surface area (Å²) in [5.74, 6) is -1.21. The van der Waals surface area contributed by atoms with Crippen molar-refractivity contribution in [3.63, 3.8) is 0 Å².